The van der Waals surface area contributed by atoms with E-state index in [9.17, 15) is 10.0 Å². The summed E-state index contributed by atoms with van der Waals surface area (Å²) in [5, 5.41) is 37.5. The first-order chi connectivity index (χ1) is 12.0. The van der Waals surface area contributed by atoms with Crippen molar-refractivity contribution in [3.63, 3.8) is 0 Å². The highest BCUT2D eigenvalue weighted by molar-refractivity contribution is 6.58. The Labute approximate surface area is 144 Å². The molecule has 0 amide bonds. The molecule has 0 atom stereocenters. The van der Waals surface area contributed by atoms with E-state index in [1.54, 1.807) is 18.2 Å². The first-order valence-electron chi connectivity index (χ1n) is 7.78. The van der Waals surface area contributed by atoms with Crippen LogP contribution in [0.2, 0.25) is 0 Å². The molecule has 8 heteroatoms. The van der Waals surface area contributed by atoms with Gasteiger partial charge in [0.25, 0.3) is 0 Å². The second-order valence-electron chi connectivity index (χ2n) is 5.63. The minimum Gasteiger partial charge on any atom is -0.491 e. The zero-order valence-electron chi connectivity index (χ0n) is 13.7. The van der Waals surface area contributed by atoms with Gasteiger partial charge in [0.1, 0.15) is 12.4 Å². The second-order valence-corrected chi connectivity index (χ2v) is 5.63. The Bertz CT molecular complexity index is 918. The smallest absolute Gasteiger partial charge is 0.488 e. The Morgan fingerprint density at radius 1 is 1.08 bits per heavy atom. The topological polar surface area (TPSA) is 122 Å². The number of nitrogens with zero attached hydrogens (tertiary/aromatic N) is 2. The first-order valence-corrected chi connectivity index (χ1v) is 7.78. The molecule has 5 N–H and O–H groups in total. The number of fused-ring (bicyclic) bond motifs is 1. The molecule has 3 aromatic rings. The molecule has 0 aliphatic heterocycles. The number of aromatic nitrogens is 2. The maximum atomic E-state index is 9.45. The molecule has 2 aromatic carbocycles. The van der Waals surface area contributed by atoms with Crippen LogP contribution in [0.15, 0.2) is 36.4 Å². The molecule has 1 heterocycles. The number of hydrogen-bond donors (Lipinski definition) is 4. The van der Waals surface area contributed by atoms with Crippen molar-refractivity contribution in [2.24, 2.45) is 0 Å². The molecule has 0 saturated heterocycles. The van der Waals surface area contributed by atoms with Gasteiger partial charge in [-0.2, -0.15) is 5.10 Å². The van der Waals surface area contributed by atoms with Crippen LogP contribution in [-0.2, 0) is 0 Å². The normalized spacial score (nSPS) is 10.9. The Kier molecular flexibility index (Phi) is 4.85. The van der Waals surface area contributed by atoms with Crippen LogP contribution in [0.3, 0.4) is 0 Å². The third kappa shape index (κ3) is 3.41. The van der Waals surface area contributed by atoms with Crippen molar-refractivity contribution in [1.29, 1.82) is 0 Å². The number of nitrogen functional groups attached to an aromatic ring is 1. The third-order valence-electron chi connectivity index (χ3n) is 3.95. The number of aliphatic hydroxyl groups excluding tert-OH is 1. The number of anilines is 1. The number of ether oxygens (including phenoxy) is 1. The van der Waals surface area contributed by atoms with Crippen molar-refractivity contribution in [2.45, 2.75) is 6.92 Å². The monoisotopic (exact) mass is 339 g/mol. The molecular formula is C17H18BN3O4. The number of nitrogens with two attached hydrogens (primary N) is 1. The molecule has 7 nitrogen and oxygen atoms in total. The summed E-state index contributed by atoms with van der Waals surface area (Å²) in [5.74, 6) is 0.883. The number of aryl methyl sites for hydroxylation is 1. The fourth-order valence-electron chi connectivity index (χ4n) is 2.69. The number of hydrogen-bond acceptors (Lipinski definition) is 7. The minimum atomic E-state index is -1.59. The Balaban J connectivity index is 2.18. The summed E-state index contributed by atoms with van der Waals surface area (Å²) in [6, 6.07) is 10.5. The van der Waals surface area contributed by atoms with Crippen molar-refractivity contribution in [3.8, 4) is 16.9 Å². The van der Waals surface area contributed by atoms with Crippen LogP contribution in [-0.4, -0.2) is 45.7 Å². The van der Waals surface area contributed by atoms with E-state index in [0.717, 1.165) is 22.0 Å². The summed E-state index contributed by atoms with van der Waals surface area (Å²) in [6.07, 6.45) is 0. The standard InChI is InChI=1S/C17H18BN3O4/c1-10-14-8-11(2-4-13(14)17(19)21-20-10)15-9-12(18(23)24)3-5-16(15)25-7-6-22/h2-5,8-9,22-24H,6-7H2,1H3,(H2,19,21). The van der Waals surface area contributed by atoms with Crippen LogP contribution >= 0.6 is 0 Å². The highest BCUT2D eigenvalue weighted by Gasteiger charge is 2.16. The van der Waals surface area contributed by atoms with E-state index in [2.05, 4.69) is 10.2 Å². The zero-order chi connectivity index (χ0) is 18.0. The van der Waals surface area contributed by atoms with Gasteiger partial charge in [-0.3, -0.25) is 0 Å². The van der Waals surface area contributed by atoms with Crippen LogP contribution in [0, 0.1) is 6.92 Å². The maximum Gasteiger partial charge on any atom is 0.488 e. The lowest BCUT2D eigenvalue weighted by Crippen LogP contribution is -2.29. The van der Waals surface area contributed by atoms with Gasteiger partial charge < -0.3 is 25.6 Å². The molecule has 0 bridgehead atoms. The largest absolute Gasteiger partial charge is 0.491 e. The van der Waals surface area contributed by atoms with E-state index in [1.807, 2.05) is 25.1 Å². The van der Waals surface area contributed by atoms with Gasteiger partial charge in [0, 0.05) is 16.3 Å². The highest BCUT2D eigenvalue weighted by Crippen LogP contribution is 2.33. The number of rotatable bonds is 5. The fourth-order valence-corrected chi connectivity index (χ4v) is 2.69. The second kappa shape index (κ2) is 7.06. The van der Waals surface area contributed by atoms with Gasteiger partial charge in [0.2, 0.25) is 0 Å². The quantitative estimate of drug-likeness (QED) is 0.491. The molecule has 3 rings (SSSR count). The van der Waals surface area contributed by atoms with Crippen molar-refractivity contribution < 1.29 is 19.9 Å². The van der Waals surface area contributed by atoms with Gasteiger partial charge in [-0.25, -0.2) is 0 Å². The molecule has 128 valence electrons. The van der Waals surface area contributed by atoms with Gasteiger partial charge in [0.15, 0.2) is 5.82 Å². The molecule has 0 radical (unpaired) electrons. The van der Waals surface area contributed by atoms with Crippen molar-refractivity contribution in [2.75, 3.05) is 18.9 Å². The van der Waals surface area contributed by atoms with E-state index in [4.69, 9.17) is 15.6 Å². The molecule has 0 saturated carbocycles. The summed E-state index contributed by atoms with van der Waals surface area (Å²) >= 11 is 0. The average molecular weight is 339 g/mol. The van der Waals surface area contributed by atoms with E-state index in [-0.39, 0.29) is 13.2 Å². The van der Waals surface area contributed by atoms with Crippen molar-refractivity contribution in [3.05, 3.63) is 42.1 Å². The molecule has 0 aliphatic rings. The molecule has 0 spiro atoms. The molecule has 1 aromatic heterocycles. The van der Waals surface area contributed by atoms with E-state index in [1.165, 1.54) is 0 Å². The number of aliphatic hydroxyl groups is 1. The lowest BCUT2D eigenvalue weighted by Gasteiger charge is -2.14. The summed E-state index contributed by atoms with van der Waals surface area (Å²) in [7, 11) is -1.59. The summed E-state index contributed by atoms with van der Waals surface area (Å²) in [4.78, 5) is 0. The molecule has 0 unspecified atom stereocenters. The zero-order valence-corrected chi connectivity index (χ0v) is 13.7. The van der Waals surface area contributed by atoms with Crippen molar-refractivity contribution >= 4 is 29.2 Å². The maximum absolute atomic E-state index is 9.45. The summed E-state index contributed by atoms with van der Waals surface area (Å²) < 4.78 is 5.58. The van der Waals surface area contributed by atoms with Gasteiger partial charge in [-0.15, -0.1) is 5.10 Å². The summed E-state index contributed by atoms with van der Waals surface area (Å²) in [5.41, 5.74) is 8.44. The van der Waals surface area contributed by atoms with E-state index >= 15 is 0 Å². The van der Waals surface area contributed by atoms with Crippen LogP contribution in [0.4, 0.5) is 5.82 Å². The van der Waals surface area contributed by atoms with Crippen LogP contribution in [0.5, 0.6) is 5.75 Å². The molecule has 0 fully saturated rings. The van der Waals surface area contributed by atoms with Crippen molar-refractivity contribution in [1.82, 2.24) is 10.2 Å². The van der Waals surface area contributed by atoms with Gasteiger partial charge >= 0.3 is 7.12 Å². The van der Waals surface area contributed by atoms with Gasteiger partial charge in [-0.1, -0.05) is 18.2 Å². The van der Waals surface area contributed by atoms with Crippen LogP contribution < -0.4 is 15.9 Å². The molecule has 0 aliphatic carbocycles. The minimum absolute atomic E-state index is 0.118. The van der Waals surface area contributed by atoms with Crippen LogP contribution in [0.1, 0.15) is 5.69 Å². The molecular weight excluding hydrogens is 321 g/mol. The predicted molar refractivity (Wildman–Crippen MR) is 96.5 cm³/mol. The lowest BCUT2D eigenvalue weighted by atomic mass is 9.79. The van der Waals surface area contributed by atoms with E-state index in [0.29, 0.717) is 22.6 Å². The third-order valence-corrected chi connectivity index (χ3v) is 3.95. The van der Waals surface area contributed by atoms with Gasteiger partial charge in [-0.05, 0) is 36.1 Å². The van der Waals surface area contributed by atoms with E-state index < -0.39 is 7.12 Å². The predicted octanol–water partition coefficient (Wildman–Crippen LogP) is 0.238. The summed E-state index contributed by atoms with van der Waals surface area (Å²) in [6.45, 7) is 1.86. The SMILES string of the molecule is Cc1nnc(N)c2ccc(-c3cc(B(O)O)ccc3OCCO)cc12. The Morgan fingerprint density at radius 3 is 2.60 bits per heavy atom. The highest BCUT2D eigenvalue weighted by atomic mass is 16.5. The Morgan fingerprint density at radius 2 is 1.88 bits per heavy atom. The van der Waals surface area contributed by atoms with Crippen LogP contribution in [0.25, 0.3) is 21.9 Å². The Hall–Kier alpha value is -2.68. The average Bonchev–Trinajstić information content (AvgIpc) is 2.62. The van der Waals surface area contributed by atoms with Gasteiger partial charge in [0.05, 0.1) is 12.3 Å². The molecule has 25 heavy (non-hydrogen) atoms. The number of benzene rings is 2. The fraction of sp³-hybridized carbons (Fsp3) is 0.176. The lowest BCUT2D eigenvalue weighted by molar-refractivity contribution is 0.202. The first kappa shape index (κ1) is 17.2.